The molecular formula is C12H21N3S. The summed E-state index contributed by atoms with van der Waals surface area (Å²) in [6.07, 6.45) is 1.26. The van der Waals surface area contributed by atoms with Crippen LogP contribution in [0.25, 0.3) is 0 Å². The minimum atomic E-state index is 0.777. The van der Waals surface area contributed by atoms with Crippen molar-refractivity contribution in [3.8, 4) is 0 Å². The number of aromatic nitrogens is 2. The number of nitrogens with one attached hydrogen (secondary N) is 1. The van der Waals surface area contributed by atoms with E-state index in [0.29, 0.717) is 0 Å². The summed E-state index contributed by atoms with van der Waals surface area (Å²) in [6.45, 7) is 6.51. The summed E-state index contributed by atoms with van der Waals surface area (Å²) in [5.41, 5.74) is 1.03. The molecule has 0 atom stereocenters. The molecular weight excluding hydrogens is 218 g/mol. The van der Waals surface area contributed by atoms with Crippen molar-refractivity contribution in [3.05, 3.63) is 17.6 Å². The van der Waals surface area contributed by atoms with Gasteiger partial charge in [-0.05, 0) is 25.0 Å². The van der Waals surface area contributed by atoms with Crippen molar-refractivity contribution >= 4 is 17.6 Å². The van der Waals surface area contributed by atoms with E-state index in [1.54, 1.807) is 0 Å². The SMILES string of the molecule is CNc1cc(C)nc(CSCCC(C)C)n1. The summed E-state index contributed by atoms with van der Waals surface area (Å²) in [7, 11) is 1.89. The Bertz CT molecular complexity index is 326. The largest absolute Gasteiger partial charge is 0.373 e. The van der Waals surface area contributed by atoms with E-state index in [4.69, 9.17) is 0 Å². The smallest absolute Gasteiger partial charge is 0.140 e. The highest BCUT2D eigenvalue weighted by molar-refractivity contribution is 7.98. The van der Waals surface area contributed by atoms with E-state index in [2.05, 4.69) is 29.1 Å². The highest BCUT2D eigenvalue weighted by Crippen LogP contribution is 2.14. The summed E-state index contributed by atoms with van der Waals surface area (Å²) >= 11 is 1.91. The van der Waals surface area contributed by atoms with Gasteiger partial charge in [0.15, 0.2) is 0 Å². The molecule has 4 heteroatoms. The van der Waals surface area contributed by atoms with E-state index in [1.165, 1.54) is 12.2 Å². The zero-order valence-corrected chi connectivity index (χ0v) is 11.4. The number of aryl methyl sites for hydroxylation is 1. The molecule has 3 nitrogen and oxygen atoms in total. The van der Waals surface area contributed by atoms with Crippen molar-refractivity contribution < 1.29 is 0 Å². The van der Waals surface area contributed by atoms with Crippen LogP contribution < -0.4 is 5.32 Å². The lowest BCUT2D eigenvalue weighted by molar-refractivity contribution is 0.632. The van der Waals surface area contributed by atoms with Gasteiger partial charge in [-0.1, -0.05) is 13.8 Å². The van der Waals surface area contributed by atoms with Gasteiger partial charge < -0.3 is 5.32 Å². The molecule has 0 saturated heterocycles. The molecule has 0 bridgehead atoms. The lowest BCUT2D eigenvalue weighted by Gasteiger charge is -2.06. The van der Waals surface area contributed by atoms with Crippen LogP contribution in [-0.4, -0.2) is 22.8 Å². The molecule has 0 fully saturated rings. The van der Waals surface area contributed by atoms with E-state index in [1.807, 2.05) is 31.8 Å². The fourth-order valence-electron chi connectivity index (χ4n) is 1.31. The summed E-state index contributed by atoms with van der Waals surface area (Å²) in [5, 5.41) is 3.06. The van der Waals surface area contributed by atoms with Crippen LogP contribution in [0.1, 0.15) is 31.8 Å². The van der Waals surface area contributed by atoms with Gasteiger partial charge in [-0.2, -0.15) is 11.8 Å². The van der Waals surface area contributed by atoms with Crippen molar-refractivity contribution in [1.29, 1.82) is 0 Å². The highest BCUT2D eigenvalue weighted by Gasteiger charge is 2.02. The Kier molecular flexibility index (Phi) is 5.60. The Morgan fingerprint density at radius 1 is 1.38 bits per heavy atom. The second-order valence-electron chi connectivity index (χ2n) is 4.30. The summed E-state index contributed by atoms with van der Waals surface area (Å²) in [6, 6.07) is 1.96. The fraction of sp³-hybridized carbons (Fsp3) is 0.667. The van der Waals surface area contributed by atoms with Crippen LogP contribution in [0.4, 0.5) is 5.82 Å². The zero-order valence-electron chi connectivity index (χ0n) is 10.6. The third-order valence-corrected chi connectivity index (χ3v) is 3.21. The van der Waals surface area contributed by atoms with E-state index < -0.39 is 0 Å². The molecule has 0 amide bonds. The van der Waals surface area contributed by atoms with Crippen molar-refractivity contribution in [3.63, 3.8) is 0 Å². The molecule has 0 saturated carbocycles. The maximum absolute atomic E-state index is 4.43. The number of thioether (sulfide) groups is 1. The van der Waals surface area contributed by atoms with Crippen LogP contribution in [0.2, 0.25) is 0 Å². The zero-order chi connectivity index (χ0) is 12.0. The van der Waals surface area contributed by atoms with Crippen molar-refractivity contribution in [2.45, 2.75) is 32.9 Å². The predicted molar refractivity (Wildman–Crippen MR) is 71.9 cm³/mol. The molecule has 0 aliphatic heterocycles. The Morgan fingerprint density at radius 2 is 2.12 bits per heavy atom. The van der Waals surface area contributed by atoms with Crippen LogP contribution in [-0.2, 0) is 5.75 Å². The molecule has 1 heterocycles. The molecule has 1 aromatic rings. The monoisotopic (exact) mass is 239 g/mol. The van der Waals surface area contributed by atoms with Crippen LogP contribution >= 0.6 is 11.8 Å². The number of hydrogen-bond acceptors (Lipinski definition) is 4. The molecule has 1 aromatic heterocycles. The van der Waals surface area contributed by atoms with Gasteiger partial charge in [0.25, 0.3) is 0 Å². The number of anilines is 1. The Balaban J connectivity index is 2.44. The number of nitrogens with zero attached hydrogens (tertiary/aromatic N) is 2. The molecule has 0 aliphatic rings. The van der Waals surface area contributed by atoms with Gasteiger partial charge in [-0.15, -0.1) is 0 Å². The Labute approximate surface area is 102 Å². The molecule has 1 rings (SSSR count). The van der Waals surface area contributed by atoms with Crippen molar-refractivity contribution in [2.24, 2.45) is 5.92 Å². The average Bonchev–Trinajstić information content (AvgIpc) is 2.23. The number of rotatable bonds is 6. The van der Waals surface area contributed by atoms with Gasteiger partial charge in [0.1, 0.15) is 11.6 Å². The average molecular weight is 239 g/mol. The first-order valence-corrected chi connectivity index (χ1v) is 6.87. The van der Waals surface area contributed by atoms with E-state index in [-0.39, 0.29) is 0 Å². The van der Waals surface area contributed by atoms with Crippen LogP contribution in [0.5, 0.6) is 0 Å². The summed E-state index contributed by atoms with van der Waals surface area (Å²) in [5.74, 6) is 4.70. The fourth-order valence-corrected chi connectivity index (χ4v) is 2.40. The van der Waals surface area contributed by atoms with Crippen molar-refractivity contribution in [1.82, 2.24) is 9.97 Å². The summed E-state index contributed by atoms with van der Waals surface area (Å²) < 4.78 is 0. The minimum Gasteiger partial charge on any atom is -0.373 e. The molecule has 0 spiro atoms. The first-order valence-electron chi connectivity index (χ1n) is 5.72. The number of hydrogen-bond donors (Lipinski definition) is 1. The van der Waals surface area contributed by atoms with Crippen LogP contribution in [0.3, 0.4) is 0 Å². The van der Waals surface area contributed by atoms with Crippen LogP contribution in [0, 0.1) is 12.8 Å². The maximum Gasteiger partial charge on any atom is 0.140 e. The topological polar surface area (TPSA) is 37.8 Å². The van der Waals surface area contributed by atoms with Gasteiger partial charge in [0, 0.05) is 18.8 Å². The quantitative estimate of drug-likeness (QED) is 0.774. The minimum absolute atomic E-state index is 0.777. The second-order valence-corrected chi connectivity index (χ2v) is 5.40. The molecule has 16 heavy (non-hydrogen) atoms. The maximum atomic E-state index is 4.43. The van der Waals surface area contributed by atoms with E-state index in [0.717, 1.165) is 29.0 Å². The first kappa shape index (κ1) is 13.3. The standard InChI is InChI=1S/C12H21N3S/c1-9(2)5-6-16-8-12-14-10(3)7-11(13-4)15-12/h7,9H,5-6,8H2,1-4H3,(H,13,14,15). The molecule has 1 N–H and O–H groups in total. The van der Waals surface area contributed by atoms with Crippen molar-refractivity contribution in [2.75, 3.05) is 18.1 Å². The third-order valence-electron chi connectivity index (χ3n) is 2.23. The van der Waals surface area contributed by atoms with Crippen LogP contribution in [0.15, 0.2) is 6.07 Å². The van der Waals surface area contributed by atoms with Gasteiger partial charge in [0.05, 0.1) is 5.75 Å². The molecule has 0 radical (unpaired) electrons. The first-order chi connectivity index (χ1) is 7.61. The Morgan fingerprint density at radius 3 is 2.75 bits per heavy atom. The lowest BCUT2D eigenvalue weighted by atomic mass is 10.2. The van der Waals surface area contributed by atoms with Gasteiger partial charge in [-0.25, -0.2) is 9.97 Å². The molecule has 90 valence electrons. The highest BCUT2D eigenvalue weighted by atomic mass is 32.2. The predicted octanol–water partition coefficient (Wildman–Crippen LogP) is 3.11. The van der Waals surface area contributed by atoms with Gasteiger partial charge in [-0.3, -0.25) is 0 Å². The molecule has 0 aliphatic carbocycles. The molecule has 0 unspecified atom stereocenters. The van der Waals surface area contributed by atoms with E-state index >= 15 is 0 Å². The van der Waals surface area contributed by atoms with Gasteiger partial charge in [0.2, 0.25) is 0 Å². The van der Waals surface area contributed by atoms with E-state index in [9.17, 15) is 0 Å². The Hall–Kier alpha value is -0.770. The normalized spacial score (nSPS) is 10.8. The lowest BCUT2D eigenvalue weighted by Crippen LogP contribution is -2.01. The third kappa shape index (κ3) is 4.84. The van der Waals surface area contributed by atoms with Gasteiger partial charge >= 0.3 is 0 Å². The molecule has 0 aromatic carbocycles. The second kappa shape index (κ2) is 6.74. The summed E-state index contributed by atoms with van der Waals surface area (Å²) in [4.78, 5) is 8.85.